The Morgan fingerprint density at radius 3 is 3.06 bits per heavy atom. The SMILES string of the molecule is Cc1ncsc1CNCc1cn(CCN)nn1. The van der Waals surface area contributed by atoms with E-state index in [4.69, 9.17) is 5.73 Å². The Morgan fingerprint density at radius 2 is 2.35 bits per heavy atom. The third kappa shape index (κ3) is 3.32. The first-order valence-corrected chi connectivity index (χ1v) is 6.36. The van der Waals surface area contributed by atoms with Crippen molar-refractivity contribution in [2.75, 3.05) is 6.54 Å². The van der Waals surface area contributed by atoms with Crippen LogP contribution >= 0.6 is 11.3 Å². The van der Waals surface area contributed by atoms with Gasteiger partial charge < -0.3 is 11.1 Å². The summed E-state index contributed by atoms with van der Waals surface area (Å²) in [6.45, 7) is 4.84. The lowest BCUT2D eigenvalue weighted by atomic mass is 10.4. The van der Waals surface area contributed by atoms with Gasteiger partial charge in [-0.15, -0.1) is 16.4 Å². The number of hydrogen-bond acceptors (Lipinski definition) is 6. The van der Waals surface area contributed by atoms with Crippen LogP contribution in [0.25, 0.3) is 0 Å². The van der Waals surface area contributed by atoms with Crippen molar-refractivity contribution in [1.29, 1.82) is 0 Å². The summed E-state index contributed by atoms with van der Waals surface area (Å²) in [5, 5.41) is 11.4. The molecular formula is C10H16N6S. The van der Waals surface area contributed by atoms with Gasteiger partial charge in [-0.2, -0.15) is 0 Å². The molecule has 0 saturated heterocycles. The molecule has 0 spiro atoms. The van der Waals surface area contributed by atoms with Gasteiger partial charge >= 0.3 is 0 Å². The molecule has 6 nitrogen and oxygen atoms in total. The molecule has 0 unspecified atom stereocenters. The van der Waals surface area contributed by atoms with Gasteiger partial charge in [0, 0.05) is 30.7 Å². The first kappa shape index (κ1) is 12.2. The second kappa shape index (κ2) is 5.85. The number of nitrogens with zero attached hydrogens (tertiary/aromatic N) is 4. The zero-order chi connectivity index (χ0) is 12.1. The average Bonchev–Trinajstić information content (AvgIpc) is 2.90. The molecule has 3 N–H and O–H groups in total. The minimum atomic E-state index is 0.580. The zero-order valence-electron chi connectivity index (χ0n) is 9.76. The average molecular weight is 252 g/mol. The van der Waals surface area contributed by atoms with Gasteiger partial charge in [0.15, 0.2) is 0 Å². The zero-order valence-corrected chi connectivity index (χ0v) is 10.6. The predicted molar refractivity (Wildman–Crippen MR) is 66.5 cm³/mol. The molecule has 0 aromatic carbocycles. The highest BCUT2D eigenvalue weighted by Crippen LogP contribution is 2.11. The number of thiazole rings is 1. The second-order valence-electron chi connectivity index (χ2n) is 3.73. The Kier molecular flexibility index (Phi) is 4.18. The van der Waals surface area contributed by atoms with Crippen molar-refractivity contribution in [3.05, 3.63) is 28.0 Å². The molecule has 17 heavy (non-hydrogen) atoms. The van der Waals surface area contributed by atoms with E-state index in [9.17, 15) is 0 Å². The van der Waals surface area contributed by atoms with Crippen LogP contribution in [0.15, 0.2) is 11.7 Å². The van der Waals surface area contributed by atoms with Gasteiger partial charge in [0.2, 0.25) is 0 Å². The molecule has 2 aromatic rings. The summed E-state index contributed by atoms with van der Waals surface area (Å²) in [5.41, 5.74) is 9.33. The standard InChI is InChI=1S/C10H16N6S/c1-8-10(17-7-13-8)5-12-4-9-6-16(3-2-11)15-14-9/h6-7,12H,2-5,11H2,1H3. The van der Waals surface area contributed by atoms with E-state index in [-0.39, 0.29) is 0 Å². The lowest BCUT2D eigenvalue weighted by Crippen LogP contribution is -2.13. The fourth-order valence-electron chi connectivity index (χ4n) is 1.46. The van der Waals surface area contributed by atoms with E-state index in [1.165, 1.54) is 4.88 Å². The second-order valence-corrected chi connectivity index (χ2v) is 4.67. The van der Waals surface area contributed by atoms with Gasteiger partial charge in [-0.25, -0.2) is 4.98 Å². The summed E-state index contributed by atoms with van der Waals surface area (Å²) in [6, 6.07) is 0. The molecule has 92 valence electrons. The number of rotatable bonds is 6. The van der Waals surface area contributed by atoms with E-state index in [1.54, 1.807) is 16.0 Å². The van der Waals surface area contributed by atoms with Crippen molar-refractivity contribution in [3.8, 4) is 0 Å². The molecule has 2 aromatic heterocycles. The van der Waals surface area contributed by atoms with Crippen molar-refractivity contribution >= 4 is 11.3 Å². The highest BCUT2D eigenvalue weighted by molar-refractivity contribution is 7.09. The highest BCUT2D eigenvalue weighted by Gasteiger charge is 2.02. The van der Waals surface area contributed by atoms with Crippen LogP contribution in [0.2, 0.25) is 0 Å². The van der Waals surface area contributed by atoms with E-state index < -0.39 is 0 Å². The third-order valence-electron chi connectivity index (χ3n) is 2.38. The number of hydrogen-bond donors (Lipinski definition) is 2. The van der Waals surface area contributed by atoms with Gasteiger partial charge in [0.1, 0.15) is 0 Å². The molecule has 0 atom stereocenters. The normalized spacial score (nSPS) is 10.9. The van der Waals surface area contributed by atoms with Gasteiger partial charge in [-0.3, -0.25) is 4.68 Å². The topological polar surface area (TPSA) is 81.7 Å². The van der Waals surface area contributed by atoms with Crippen LogP contribution < -0.4 is 11.1 Å². The summed E-state index contributed by atoms with van der Waals surface area (Å²) in [7, 11) is 0. The molecule has 2 heterocycles. The molecule has 0 aliphatic heterocycles. The van der Waals surface area contributed by atoms with Crippen molar-refractivity contribution in [2.45, 2.75) is 26.6 Å². The predicted octanol–water partition coefficient (Wildman–Crippen LogP) is 0.292. The molecule has 0 aliphatic rings. The maximum atomic E-state index is 5.44. The summed E-state index contributed by atoms with van der Waals surface area (Å²) in [4.78, 5) is 5.47. The van der Waals surface area contributed by atoms with Crippen LogP contribution in [-0.4, -0.2) is 26.5 Å². The van der Waals surface area contributed by atoms with Crippen molar-refractivity contribution < 1.29 is 0 Å². The Bertz CT molecular complexity index is 463. The van der Waals surface area contributed by atoms with Crippen LogP contribution in [0.1, 0.15) is 16.3 Å². The van der Waals surface area contributed by atoms with Gasteiger partial charge in [0.05, 0.1) is 23.4 Å². The van der Waals surface area contributed by atoms with Gasteiger partial charge in [0.25, 0.3) is 0 Å². The summed E-state index contributed by atoms with van der Waals surface area (Å²) in [5.74, 6) is 0. The molecular weight excluding hydrogens is 236 g/mol. The monoisotopic (exact) mass is 252 g/mol. The molecule has 0 amide bonds. The Balaban J connectivity index is 1.80. The first-order chi connectivity index (χ1) is 8.29. The lowest BCUT2D eigenvalue weighted by molar-refractivity contribution is 0.598. The van der Waals surface area contributed by atoms with E-state index >= 15 is 0 Å². The first-order valence-electron chi connectivity index (χ1n) is 5.48. The van der Waals surface area contributed by atoms with Crippen LogP contribution in [0.5, 0.6) is 0 Å². The van der Waals surface area contributed by atoms with Crippen LogP contribution in [0.4, 0.5) is 0 Å². The third-order valence-corrected chi connectivity index (χ3v) is 3.32. The van der Waals surface area contributed by atoms with E-state index in [1.807, 2.05) is 18.6 Å². The maximum Gasteiger partial charge on any atom is 0.0964 e. The fourth-order valence-corrected chi connectivity index (χ4v) is 2.21. The summed E-state index contributed by atoms with van der Waals surface area (Å²) >= 11 is 1.67. The van der Waals surface area contributed by atoms with Crippen LogP contribution in [-0.2, 0) is 19.6 Å². The minimum Gasteiger partial charge on any atom is -0.329 e. The van der Waals surface area contributed by atoms with Crippen molar-refractivity contribution in [1.82, 2.24) is 25.3 Å². The minimum absolute atomic E-state index is 0.580. The van der Waals surface area contributed by atoms with E-state index in [0.29, 0.717) is 19.6 Å². The molecule has 7 heteroatoms. The quantitative estimate of drug-likeness (QED) is 0.772. The van der Waals surface area contributed by atoms with Crippen LogP contribution in [0, 0.1) is 6.92 Å². The van der Waals surface area contributed by atoms with Gasteiger partial charge in [-0.05, 0) is 6.92 Å². The largest absolute Gasteiger partial charge is 0.329 e. The molecule has 0 bridgehead atoms. The Labute approximate surface area is 104 Å². The van der Waals surface area contributed by atoms with E-state index in [2.05, 4.69) is 20.6 Å². The van der Waals surface area contributed by atoms with Crippen molar-refractivity contribution in [3.63, 3.8) is 0 Å². The summed E-state index contributed by atoms with van der Waals surface area (Å²) in [6.07, 6.45) is 1.92. The number of aryl methyl sites for hydroxylation is 1. The smallest absolute Gasteiger partial charge is 0.0964 e. The van der Waals surface area contributed by atoms with Crippen LogP contribution in [0.3, 0.4) is 0 Å². The highest BCUT2D eigenvalue weighted by atomic mass is 32.1. The molecule has 2 rings (SSSR count). The fraction of sp³-hybridized carbons (Fsp3) is 0.500. The molecule has 0 aliphatic carbocycles. The Morgan fingerprint density at radius 1 is 1.47 bits per heavy atom. The molecule has 0 radical (unpaired) electrons. The van der Waals surface area contributed by atoms with Gasteiger partial charge in [-0.1, -0.05) is 5.21 Å². The summed E-state index contributed by atoms with van der Waals surface area (Å²) < 4.78 is 1.76. The molecule has 0 fully saturated rings. The molecule has 0 saturated carbocycles. The lowest BCUT2D eigenvalue weighted by Gasteiger charge is -2.00. The Hall–Kier alpha value is -1.31. The van der Waals surface area contributed by atoms with E-state index in [0.717, 1.165) is 17.9 Å². The van der Waals surface area contributed by atoms with Crippen molar-refractivity contribution in [2.24, 2.45) is 5.73 Å². The maximum absolute atomic E-state index is 5.44. The number of nitrogens with two attached hydrogens (primary N) is 1. The number of nitrogens with one attached hydrogen (secondary N) is 1. The number of aromatic nitrogens is 4.